The number of nitrogens with one attached hydrogen (secondary N) is 2. The molecule has 8 nitrogen and oxygen atoms in total. The van der Waals surface area contributed by atoms with Crippen LogP contribution in [0.5, 0.6) is 0 Å². The number of carbonyl (C=O) groups is 2. The first-order chi connectivity index (χ1) is 19.1. The monoisotopic (exact) mass is 559 g/mol. The number of carbonyl (C=O) groups excluding carboxylic acids is 2. The molecule has 0 spiro atoms. The topological polar surface area (TPSA) is 88.5 Å². The Hall–Kier alpha value is -3.88. The van der Waals surface area contributed by atoms with Crippen LogP contribution in [-0.2, 0) is 4.74 Å². The molecule has 0 radical (unpaired) electrons. The van der Waals surface area contributed by atoms with Gasteiger partial charge >= 0.3 is 6.09 Å². The molecular weight excluding hydrogens is 526 g/mol. The second kappa shape index (κ2) is 11.3. The number of nitrogens with zero attached hydrogens (tertiary/aromatic N) is 3. The summed E-state index contributed by atoms with van der Waals surface area (Å²) in [7, 11) is 2.15. The van der Waals surface area contributed by atoms with E-state index in [0.717, 1.165) is 31.6 Å². The Morgan fingerprint density at radius 1 is 1.00 bits per heavy atom. The maximum absolute atomic E-state index is 13.2. The van der Waals surface area contributed by atoms with Crippen LogP contribution in [-0.4, -0.2) is 52.4 Å². The van der Waals surface area contributed by atoms with Crippen molar-refractivity contribution in [3.63, 3.8) is 0 Å². The number of likely N-dealkylation sites (tertiary alicyclic amines) is 1. The maximum Gasteiger partial charge on any atom is 0.435 e. The van der Waals surface area contributed by atoms with E-state index in [1.807, 2.05) is 48.5 Å². The first-order valence-corrected chi connectivity index (χ1v) is 13.8. The third-order valence-corrected chi connectivity index (χ3v) is 7.32. The average Bonchev–Trinajstić information content (AvgIpc) is 3.27. The lowest BCUT2D eigenvalue weighted by molar-refractivity contribution is 0.0522. The van der Waals surface area contributed by atoms with Crippen LogP contribution in [0, 0.1) is 0 Å². The smallest absolute Gasteiger partial charge is 0.435 e. The number of ether oxygens (including phenoxy) is 1. The Balaban J connectivity index is 1.42. The summed E-state index contributed by atoms with van der Waals surface area (Å²) in [4.78, 5) is 28.7. The molecule has 2 heterocycles. The van der Waals surface area contributed by atoms with Crippen molar-refractivity contribution in [2.75, 3.05) is 30.8 Å². The molecule has 1 aliphatic heterocycles. The molecule has 4 aromatic rings. The zero-order valence-electron chi connectivity index (χ0n) is 23.2. The van der Waals surface area contributed by atoms with Crippen LogP contribution in [0.4, 0.5) is 22.0 Å². The van der Waals surface area contributed by atoms with E-state index in [-0.39, 0.29) is 11.7 Å². The van der Waals surface area contributed by atoms with Gasteiger partial charge in [0.05, 0.1) is 16.2 Å². The van der Waals surface area contributed by atoms with Crippen LogP contribution in [0.25, 0.3) is 10.9 Å². The lowest BCUT2D eigenvalue weighted by Gasteiger charge is -2.29. The van der Waals surface area contributed by atoms with E-state index >= 15 is 0 Å². The van der Waals surface area contributed by atoms with Crippen LogP contribution >= 0.6 is 11.6 Å². The first-order valence-electron chi connectivity index (χ1n) is 13.4. The molecule has 0 saturated carbocycles. The van der Waals surface area contributed by atoms with Crippen molar-refractivity contribution < 1.29 is 14.3 Å². The van der Waals surface area contributed by atoms with E-state index < -0.39 is 11.7 Å². The Bertz CT molecular complexity index is 1530. The number of rotatable bonds is 5. The summed E-state index contributed by atoms with van der Waals surface area (Å²) in [5, 5.41) is 11.8. The number of hydrogen-bond donors (Lipinski definition) is 2. The highest BCUT2D eigenvalue weighted by molar-refractivity contribution is 6.33. The highest BCUT2D eigenvalue weighted by Crippen LogP contribution is 2.31. The van der Waals surface area contributed by atoms with E-state index in [1.165, 1.54) is 10.2 Å². The van der Waals surface area contributed by atoms with Gasteiger partial charge in [-0.3, -0.25) is 4.79 Å². The molecular formula is C31H34ClN5O3. The molecule has 5 rings (SSSR count). The molecule has 1 saturated heterocycles. The quantitative estimate of drug-likeness (QED) is 0.267. The van der Waals surface area contributed by atoms with Crippen molar-refractivity contribution in [3.05, 3.63) is 82.9 Å². The Morgan fingerprint density at radius 3 is 2.38 bits per heavy atom. The van der Waals surface area contributed by atoms with Crippen molar-refractivity contribution in [3.8, 4) is 0 Å². The van der Waals surface area contributed by atoms with Crippen LogP contribution in [0.1, 0.15) is 55.5 Å². The second-order valence-electron chi connectivity index (χ2n) is 11.2. The second-order valence-corrected chi connectivity index (χ2v) is 11.6. The number of para-hydroxylation sites is 1. The molecule has 3 aromatic carbocycles. The van der Waals surface area contributed by atoms with Gasteiger partial charge in [-0.1, -0.05) is 35.9 Å². The summed E-state index contributed by atoms with van der Waals surface area (Å²) in [6.07, 6.45) is 1.59. The fourth-order valence-corrected chi connectivity index (χ4v) is 5.06. The van der Waals surface area contributed by atoms with E-state index in [9.17, 15) is 9.59 Å². The number of hydrogen-bond acceptors (Lipinski definition) is 6. The zero-order valence-corrected chi connectivity index (χ0v) is 24.0. The number of piperidine rings is 1. The van der Waals surface area contributed by atoms with Gasteiger partial charge in [-0.15, -0.1) is 5.10 Å². The largest absolute Gasteiger partial charge is 0.442 e. The molecule has 0 unspecified atom stereocenters. The van der Waals surface area contributed by atoms with E-state index in [4.69, 9.17) is 16.3 Å². The van der Waals surface area contributed by atoms with Gasteiger partial charge < -0.3 is 20.3 Å². The van der Waals surface area contributed by atoms with Gasteiger partial charge in [-0.05, 0) is 108 Å². The maximum atomic E-state index is 13.2. The fraction of sp³-hybridized carbons (Fsp3) is 0.323. The third kappa shape index (κ3) is 6.29. The lowest BCUT2D eigenvalue weighted by Crippen LogP contribution is -2.29. The molecule has 1 fully saturated rings. The Morgan fingerprint density at radius 2 is 1.70 bits per heavy atom. The standard InChI is InChI=1S/C31H34ClN5O3/c1-31(2,3)40-30(39)37-27-19-23(33-26-8-6-5-7-25(26)32)13-14-24(27)28(35-37)34-29(38)22-11-9-20(10-12-22)21-15-17-36(4)18-16-21/h5-14,19,21,33H,15-18H2,1-4H3,(H,34,35,38). The molecule has 1 aliphatic rings. The first kappa shape index (κ1) is 27.7. The average molecular weight is 560 g/mol. The number of amides is 1. The minimum atomic E-state index is -0.721. The minimum absolute atomic E-state index is 0.273. The summed E-state index contributed by atoms with van der Waals surface area (Å²) >= 11 is 6.32. The molecule has 208 valence electrons. The van der Waals surface area contributed by atoms with Gasteiger partial charge in [0.2, 0.25) is 0 Å². The third-order valence-electron chi connectivity index (χ3n) is 7.00. The normalized spacial score (nSPS) is 14.7. The molecule has 0 aliphatic carbocycles. The van der Waals surface area contributed by atoms with Crippen molar-refractivity contribution in [1.82, 2.24) is 14.7 Å². The van der Waals surface area contributed by atoms with Gasteiger partial charge in [0.25, 0.3) is 5.91 Å². The summed E-state index contributed by atoms with van der Waals surface area (Å²) in [6, 6.07) is 20.6. The van der Waals surface area contributed by atoms with Crippen molar-refractivity contribution in [2.24, 2.45) is 0 Å². The number of aromatic nitrogens is 2. The highest BCUT2D eigenvalue weighted by Gasteiger charge is 2.24. The van der Waals surface area contributed by atoms with Gasteiger partial charge in [-0.2, -0.15) is 4.68 Å². The Labute approximate surface area is 239 Å². The van der Waals surface area contributed by atoms with Crippen LogP contribution in [0.2, 0.25) is 5.02 Å². The minimum Gasteiger partial charge on any atom is -0.442 e. The summed E-state index contributed by atoms with van der Waals surface area (Å²) < 4.78 is 6.77. The number of fused-ring (bicyclic) bond motifs is 1. The molecule has 2 N–H and O–H groups in total. The SMILES string of the molecule is CN1CCC(c2ccc(C(=O)Nc3nn(C(=O)OC(C)(C)C)c4cc(Nc5ccccc5Cl)ccc34)cc2)CC1. The van der Waals surface area contributed by atoms with Crippen molar-refractivity contribution in [2.45, 2.75) is 45.1 Å². The van der Waals surface area contributed by atoms with E-state index in [1.54, 1.807) is 39.0 Å². The molecule has 9 heteroatoms. The van der Waals surface area contributed by atoms with Crippen LogP contribution < -0.4 is 10.6 Å². The van der Waals surface area contributed by atoms with E-state index in [0.29, 0.717) is 33.1 Å². The molecule has 1 aromatic heterocycles. The van der Waals surface area contributed by atoms with Gasteiger partial charge in [0, 0.05) is 16.6 Å². The van der Waals surface area contributed by atoms with Crippen molar-refractivity contribution >= 4 is 51.7 Å². The molecule has 0 bridgehead atoms. The number of halogens is 1. The predicted molar refractivity (Wildman–Crippen MR) is 160 cm³/mol. The number of benzene rings is 3. The van der Waals surface area contributed by atoms with Crippen LogP contribution in [0.15, 0.2) is 66.7 Å². The molecule has 0 atom stereocenters. The lowest BCUT2D eigenvalue weighted by atomic mass is 9.89. The van der Waals surface area contributed by atoms with Gasteiger partial charge in [0.15, 0.2) is 5.82 Å². The summed E-state index contributed by atoms with van der Waals surface area (Å²) in [6.45, 7) is 7.53. The molecule has 40 heavy (non-hydrogen) atoms. The van der Waals surface area contributed by atoms with Crippen LogP contribution in [0.3, 0.4) is 0 Å². The van der Waals surface area contributed by atoms with Crippen molar-refractivity contribution in [1.29, 1.82) is 0 Å². The molecule has 1 amide bonds. The fourth-order valence-electron chi connectivity index (χ4n) is 4.88. The predicted octanol–water partition coefficient (Wildman–Crippen LogP) is 7.28. The summed E-state index contributed by atoms with van der Waals surface area (Å²) in [5.41, 5.74) is 2.97. The highest BCUT2D eigenvalue weighted by atomic mass is 35.5. The zero-order chi connectivity index (χ0) is 28.4. The number of anilines is 3. The summed E-state index contributed by atoms with van der Waals surface area (Å²) in [5.74, 6) is 0.480. The van der Waals surface area contributed by atoms with Gasteiger partial charge in [-0.25, -0.2) is 4.79 Å². The Kier molecular flexibility index (Phi) is 7.83. The van der Waals surface area contributed by atoms with Gasteiger partial charge in [0.1, 0.15) is 5.60 Å². The van der Waals surface area contributed by atoms with E-state index in [2.05, 4.69) is 27.7 Å².